The molecule has 1 saturated heterocycles. The highest BCUT2D eigenvalue weighted by molar-refractivity contribution is 7.97. The molecule has 0 spiro atoms. The second kappa shape index (κ2) is 8.16. The van der Waals surface area contributed by atoms with Gasteiger partial charge in [0.15, 0.2) is 0 Å². The number of piperidine rings is 1. The van der Waals surface area contributed by atoms with Gasteiger partial charge in [0, 0.05) is 17.0 Å². The largest absolute Gasteiger partial charge is 0.417 e. The molecule has 2 N–H and O–H groups in total. The van der Waals surface area contributed by atoms with Gasteiger partial charge < -0.3 is 4.90 Å². The molecule has 1 aromatic heterocycles. The van der Waals surface area contributed by atoms with Crippen molar-refractivity contribution in [3.63, 3.8) is 0 Å². The molecule has 0 amide bonds. The zero-order valence-electron chi connectivity index (χ0n) is 15.4. The molecule has 2 heterocycles. The van der Waals surface area contributed by atoms with Crippen molar-refractivity contribution in [1.29, 1.82) is 0 Å². The fraction of sp³-hybridized carbons (Fsp3) is 0.474. The molecule has 1 unspecified atom stereocenters. The predicted molar refractivity (Wildman–Crippen MR) is 101 cm³/mol. The molecule has 27 heavy (non-hydrogen) atoms. The summed E-state index contributed by atoms with van der Waals surface area (Å²) in [6.45, 7) is 4.10. The minimum Gasteiger partial charge on any atom is -0.306 e. The standard InChI is InChI=1S/C19H23F3N4S/c1-12-8-15(9-13-4-3-7-26(2)11-13)24-25-18(12)14-5-6-16(19(20,21)22)17(10-14)27-23/h5-6,8,10,13H,3-4,7,9,11,23H2,1-2H3. The summed E-state index contributed by atoms with van der Waals surface area (Å²) in [5, 5.41) is 14.1. The molecular formula is C19H23F3N4S. The lowest BCUT2D eigenvalue weighted by Gasteiger charge is -2.29. The molecule has 0 bridgehead atoms. The van der Waals surface area contributed by atoms with E-state index in [2.05, 4.69) is 22.1 Å². The maximum atomic E-state index is 13.1. The Labute approximate surface area is 161 Å². The van der Waals surface area contributed by atoms with Crippen LogP contribution in [0.2, 0.25) is 0 Å². The molecule has 1 aromatic carbocycles. The number of rotatable bonds is 4. The van der Waals surface area contributed by atoms with E-state index in [1.165, 1.54) is 25.0 Å². The molecule has 1 aliphatic rings. The minimum absolute atomic E-state index is 0.0180. The smallest absolute Gasteiger partial charge is 0.306 e. The van der Waals surface area contributed by atoms with Gasteiger partial charge in [-0.05, 0) is 81.4 Å². The highest BCUT2D eigenvalue weighted by Crippen LogP contribution is 2.37. The van der Waals surface area contributed by atoms with Crippen LogP contribution in [0, 0.1) is 12.8 Å². The molecule has 8 heteroatoms. The number of aromatic nitrogens is 2. The van der Waals surface area contributed by atoms with E-state index in [4.69, 9.17) is 5.14 Å². The molecule has 3 rings (SSSR count). The van der Waals surface area contributed by atoms with Gasteiger partial charge in [0.05, 0.1) is 17.0 Å². The van der Waals surface area contributed by atoms with E-state index in [1.807, 2.05) is 13.0 Å². The second-order valence-corrected chi connectivity index (χ2v) is 7.84. The number of nitrogens with two attached hydrogens (primary N) is 1. The van der Waals surface area contributed by atoms with Crippen LogP contribution in [0.25, 0.3) is 11.3 Å². The Hall–Kier alpha value is -1.64. The van der Waals surface area contributed by atoms with Gasteiger partial charge in [-0.3, -0.25) is 5.14 Å². The van der Waals surface area contributed by atoms with Crippen LogP contribution in [0.3, 0.4) is 0 Å². The first kappa shape index (κ1) is 20.1. The SMILES string of the molecule is Cc1cc(CC2CCCN(C)C2)nnc1-c1ccc(C(F)(F)F)c(SN)c1. The Morgan fingerprint density at radius 2 is 2.04 bits per heavy atom. The van der Waals surface area contributed by atoms with Crippen LogP contribution in [0.4, 0.5) is 13.2 Å². The fourth-order valence-electron chi connectivity index (χ4n) is 3.66. The zero-order chi connectivity index (χ0) is 19.6. The van der Waals surface area contributed by atoms with Gasteiger partial charge in [0.2, 0.25) is 0 Å². The van der Waals surface area contributed by atoms with Crippen LogP contribution < -0.4 is 5.14 Å². The summed E-state index contributed by atoms with van der Waals surface area (Å²) in [6.07, 6.45) is -1.19. The number of benzene rings is 1. The van der Waals surface area contributed by atoms with Gasteiger partial charge in [-0.2, -0.15) is 18.3 Å². The lowest BCUT2D eigenvalue weighted by atomic mass is 9.93. The van der Waals surface area contributed by atoms with Crippen LogP contribution in [-0.2, 0) is 12.6 Å². The third-order valence-corrected chi connectivity index (χ3v) is 5.53. The number of nitrogens with zero attached hydrogens (tertiary/aromatic N) is 3. The molecule has 1 fully saturated rings. The van der Waals surface area contributed by atoms with Crippen LogP contribution in [0.5, 0.6) is 0 Å². The van der Waals surface area contributed by atoms with Gasteiger partial charge in [-0.25, -0.2) is 0 Å². The van der Waals surface area contributed by atoms with E-state index in [0.29, 0.717) is 29.1 Å². The van der Waals surface area contributed by atoms with Gasteiger partial charge in [-0.15, -0.1) is 5.10 Å². The first-order chi connectivity index (χ1) is 12.8. The Morgan fingerprint density at radius 1 is 1.26 bits per heavy atom. The monoisotopic (exact) mass is 396 g/mol. The summed E-state index contributed by atoms with van der Waals surface area (Å²) in [7, 11) is 2.13. The van der Waals surface area contributed by atoms with Gasteiger partial charge in [0.25, 0.3) is 0 Å². The van der Waals surface area contributed by atoms with Crippen molar-refractivity contribution in [3.8, 4) is 11.3 Å². The number of alkyl halides is 3. The summed E-state index contributed by atoms with van der Waals surface area (Å²) < 4.78 is 39.2. The van der Waals surface area contributed by atoms with Crippen LogP contribution in [0.15, 0.2) is 29.2 Å². The third-order valence-electron chi connectivity index (χ3n) is 4.94. The van der Waals surface area contributed by atoms with E-state index >= 15 is 0 Å². The van der Waals surface area contributed by atoms with E-state index in [0.717, 1.165) is 36.8 Å². The first-order valence-corrected chi connectivity index (χ1v) is 9.76. The van der Waals surface area contributed by atoms with Crippen LogP contribution >= 0.6 is 11.9 Å². The minimum atomic E-state index is -4.43. The topological polar surface area (TPSA) is 55.0 Å². The van der Waals surface area contributed by atoms with E-state index < -0.39 is 11.7 Å². The first-order valence-electron chi connectivity index (χ1n) is 8.88. The van der Waals surface area contributed by atoms with Crippen molar-refractivity contribution >= 4 is 11.9 Å². The van der Waals surface area contributed by atoms with Crippen molar-refractivity contribution in [2.24, 2.45) is 11.1 Å². The summed E-state index contributed by atoms with van der Waals surface area (Å²) in [5.41, 5.74) is 2.27. The molecule has 0 saturated carbocycles. The van der Waals surface area contributed by atoms with Crippen LogP contribution in [-0.4, -0.2) is 35.2 Å². The number of hydrogen-bond donors (Lipinski definition) is 1. The molecule has 2 aromatic rings. The van der Waals surface area contributed by atoms with Crippen molar-refractivity contribution in [2.75, 3.05) is 20.1 Å². The molecule has 4 nitrogen and oxygen atoms in total. The Morgan fingerprint density at radius 3 is 2.67 bits per heavy atom. The molecule has 1 atom stereocenters. The van der Waals surface area contributed by atoms with Crippen molar-refractivity contribution in [2.45, 2.75) is 37.3 Å². The van der Waals surface area contributed by atoms with Gasteiger partial charge in [0.1, 0.15) is 0 Å². The molecule has 0 aliphatic carbocycles. The fourth-order valence-corrected chi connectivity index (χ4v) is 4.17. The van der Waals surface area contributed by atoms with Gasteiger partial charge in [-0.1, -0.05) is 6.07 Å². The average Bonchev–Trinajstić information content (AvgIpc) is 2.60. The summed E-state index contributed by atoms with van der Waals surface area (Å²) in [6, 6.07) is 5.90. The summed E-state index contributed by atoms with van der Waals surface area (Å²) in [5.74, 6) is 0.564. The Balaban J connectivity index is 1.83. The Kier molecular flexibility index (Phi) is 6.08. The maximum absolute atomic E-state index is 13.1. The quantitative estimate of drug-likeness (QED) is 0.780. The third kappa shape index (κ3) is 4.80. The van der Waals surface area contributed by atoms with Crippen molar-refractivity contribution in [1.82, 2.24) is 15.1 Å². The highest BCUT2D eigenvalue weighted by atomic mass is 32.2. The van der Waals surface area contributed by atoms with E-state index in [1.54, 1.807) is 0 Å². The zero-order valence-corrected chi connectivity index (χ0v) is 16.2. The van der Waals surface area contributed by atoms with E-state index in [-0.39, 0.29) is 4.90 Å². The molecule has 0 radical (unpaired) electrons. The van der Waals surface area contributed by atoms with Crippen molar-refractivity contribution < 1.29 is 13.2 Å². The van der Waals surface area contributed by atoms with E-state index in [9.17, 15) is 13.2 Å². The highest BCUT2D eigenvalue weighted by Gasteiger charge is 2.33. The second-order valence-electron chi connectivity index (χ2n) is 7.17. The summed E-state index contributed by atoms with van der Waals surface area (Å²) >= 11 is 0.591. The molecular weight excluding hydrogens is 373 g/mol. The molecule has 146 valence electrons. The Bertz CT molecular complexity index is 810. The average molecular weight is 396 g/mol. The summed E-state index contributed by atoms with van der Waals surface area (Å²) in [4.78, 5) is 2.31. The predicted octanol–water partition coefficient (Wildman–Crippen LogP) is 4.32. The number of hydrogen-bond acceptors (Lipinski definition) is 5. The van der Waals surface area contributed by atoms with Crippen LogP contribution in [0.1, 0.15) is 29.7 Å². The number of aryl methyl sites for hydroxylation is 1. The van der Waals surface area contributed by atoms with Crippen molar-refractivity contribution in [3.05, 3.63) is 41.1 Å². The normalized spacial score (nSPS) is 18.7. The van der Waals surface area contributed by atoms with Gasteiger partial charge >= 0.3 is 6.18 Å². The number of halogens is 3. The lowest BCUT2D eigenvalue weighted by molar-refractivity contribution is -0.139. The number of likely N-dealkylation sites (tertiary alicyclic amines) is 1. The molecule has 1 aliphatic heterocycles. The maximum Gasteiger partial charge on any atom is 0.417 e. The lowest BCUT2D eigenvalue weighted by Crippen LogP contribution is -2.33.